The van der Waals surface area contributed by atoms with Crippen LogP contribution < -0.4 is 5.73 Å². The second-order valence-corrected chi connectivity index (χ2v) is 4.35. The molecule has 6 heteroatoms. The van der Waals surface area contributed by atoms with Crippen molar-refractivity contribution in [3.63, 3.8) is 0 Å². The minimum absolute atomic E-state index is 0.0667. The Labute approximate surface area is 105 Å². The lowest BCUT2D eigenvalue weighted by Crippen LogP contribution is -2.35. The molecule has 1 heterocycles. The molecule has 0 bridgehead atoms. The quantitative estimate of drug-likeness (QED) is 0.775. The predicted molar refractivity (Wildman–Crippen MR) is 68.8 cm³/mol. The van der Waals surface area contributed by atoms with Crippen LogP contribution in [0.25, 0.3) is 0 Å². The van der Waals surface area contributed by atoms with Gasteiger partial charge in [-0.1, -0.05) is 19.1 Å². The number of nitrogens with zero attached hydrogens (tertiary/aromatic N) is 2. The standard InChI is InChI=1S/C11H15N3O2S/c1-7(10(12)17)6-14(2)11(16)8-3-4-13-5-9(8)15/h3-5,7,15H,6H2,1-2H3,(H2,12,17). The molecule has 1 amide bonds. The van der Waals surface area contributed by atoms with E-state index in [9.17, 15) is 9.90 Å². The molecule has 5 nitrogen and oxygen atoms in total. The first-order chi connectivity index (χ1) is 7.93. The average molecular weight is 253 g/mol. The van der Waals surface area contributed by atoms with Gasteiger partial charge in [0.05, 0.1) is 16.7 Å². The summed E-state index contributed by atoms with van der Waals surface area (Å²) in [6.45, 7) is 2.26. The van der Waals surface area contributed by atoms with E-state index in [0.717, 1.165) is 0 Å². The molecular formula is C11H15N3O2S. The maximum absolute atomic E-state index is 12.0. The number of thiocarbonyl (C=S) groups is 1. The highest BCUT2D eigenvalue weighted by Crippen LogP contribution is 2.16. The van der Waals surface area contributed by atoms with Crippen LogP contribution in [0.2, 0.25) is 0 Å². The van der Waals surface area contributed by atoms with Crippen LogP contribution in [0.4, 0.5) is 0 Å². The zero-order valence-electron chi connectivity index (χ0n) is 9.75. The number of carbonyl (C=O) groups is 1. The van der Waals surface area contributed by atoms with E-state index in [1.807, 2.05) is 6.92 Å². The zero-order chi connectivity index (χ0) is 13.0. The van der Waals surface area contributed by atoms with Crippen LogP contribution in [0, 0.1) is 5.92 Å². The molecular weight excluding hydrogens is 238 g/mol. The Kier molecular flexibility index (Phi) is 4.39. The maximum atomic E-state index is 12.0. The monoisotopic (exact) mass is 253 g/mol. The minimum atomic E-state index is -0.284. The second kappa shape index (κ2) is 5.58. The fourth-order valence-electron chi connectivity index (χ4n) is 1.36. The molecule has 3 N–H and O–H groups in total. The van der Waals surface area contributed by atoms with Gasteiger partial charge in [-0.15, -0.1) is 0 Å². The van der Waals surface area contributed by atoms with Gasteiger partial charge < -0.3 is 15.7 Å². The molecule has 0 fully saturated rings. The van der Waals surface area contributed by atoms with Crippen molar-refractivity contribution in [2.24, 2.45) is 11.7 Å². The summed E-state index contributed by atoms with van der Waals surface area (Å²) in [7, 11) is 1.64. The summed E-state index contributed by atoms with van der Waals surface area (Å²) < 4.78 is 0. The van der Waals surface area contributed by atoms with Crippen LogP contribution in [0.5, 0.6) is 5.75 Å². The number of aromatic nitrogens is 1. The van der Waals surface area contributed by atoms with E-state index in [-0.39, 0.29) is 23.1 Å². The third-order valence-electron chi connectivity index (χ3n) is 2.41. The van der Waals surface area contributed by atoms with Crippen LogP contribution >= 0.6 is 12.2 Å². The lowest BCUT2D eigenvalue weighted by molar-refractivity contribution is 0.0784. The molecule has 1 unspecified atom stereocenters. The van der Waals surface area contributed by atoms with Gasteiger partial charge in [-0.25, -0.2) is 0 Å². The number of hydrogen-bond acceptors (Lipinski definition) is 4. The summed E-state index contributed by atoms with van der Waals surface area (Å²) in [6, 6.07) is 1.47. The lowest BCUT2D eigenvalue weighted by Gasteiger charge is -2.21. The zero-order valence-corrected chi connectivity index (χ0v) is 10.6. The Morgan fingerprint density at radius 1 is 1.71 bits per heavy atom. The highest BCUT2D eigenvalue weighted by Gasteiger charge is 2.18. The summed E-state index contributed by atoms with van der Waals surface area (Å²) >= 11 is 4.85. The van der Waals surface area contributed by atoms with Gasteiger partial charge in [0.2, 0.25) is 0 Å². The van der Waals surface area contributed by atoms with Crippen molar-refractivity contribution in [1.82, 2.24) is 9.88 Å². The van der Waals surface area contributed by atoms with Gasteiger partial charge >= 0.3 is 0 Å². The van der Waals surface area contributed by atoms with E-state index < -0.39 is 0 Å². The molecule has 0 aliphatic heterocycles. The van der Waals surface area contributed by atoms with Gasteiger partial charge in [-0.3, -0.25) is 9.78 Å². The molecule has 1 atom stereocenters. The van der Waals surface area contributed by atoms with Crippen molar-refractivity contribution in [2.45, 2.75) is 6.92 Å². The largest absolute Gasteiger partial charge is 0.505 e. The van der Waals surface area contributed by atoms with Crippen molar-refractivity contribution >= 4 is 23.1 Å². The minimum Gasteiger partial charge on any atom is -0.505 e. The fraction of sp³-hybridized carbons (Fsp3) is 0.364. The van der Waals surface area contributed by atoms with E-state index in [4.69, 9.17) is 18.0 Å². The number of aromatic hydroxyl groups is 1. The van der Waals surface area contributed by atoms with Crippen molar-refractivity contribution in [3.8, 4) is 5.75 Å². The van der Waals surface area contributed by atoms with E-state index in [2.05, 4.69) is 4.98 Å². The Balaban J connectivity index is 2.77. The Hall–Kier alpha value is -1.69. The van der Waals surface area contributed by atoms with Crippen molar-refractivity contribution in [1.29, 1.82) is 0 Å². The molecule has 1 aromatic heterocycles. The molecule has 0 aliphatic rings. The molecule has 0 spiro atoms. The summed E-state index contributed by atoms with van der Waals surface area (Å²) in [5.74, 6) is -0.483. The van der Waals surface area contributed by atoms with Crippen molar-refractivity contribution in [3.05, 3.63) is 24.0 Å². The summed E-state index contributed by atoms with van der Waals surface area (Å²) in [4.78, 5) is 17.5. The van der Waals surface area contributed by atoms with Gasteiger partial charge in [-0.2, -0.15) is 0 Å². The topological polar surface area (TPSA) is 79.5 Å². The molecule has 17 heavy (non-hydrogen) atoms. The number of rotatable bonds is 4. The molecule has 1 aromatic rings. The third kappa shape index (κ3) is 3.39. The summed E-state index contributed by atoms with van der Waals surface area (Å²) in [5, 5.41) is 9.51. The maximum Gasteiger partial charge on any atom is 0.257 e. The van der Waals surface area contributed by atoms with Crippen molar-refractivity contribution in [2.75, 3.05) is 13.6 Å². The van der Waals surface area contributed by atoms with Crippen LogP contribution in [-0.2, 0) is 0 Å². The molecule has 0 aromatic carbocycles. The number of amides is 1. The summed E-state index contributed by atoms with van der Waals surface area (Å²) in [5.41, 5.74) is 5.71. The van der Waals surface area contributed by atoms with Crippen LogP contribution in [0.15, 0.2) is 18.5 Å². The van der Waals surface area contributed by atoms with Crippen LogP contribution in [-0.4, -0.2) is 39.5 Å². The molecule has 92 valence electrons. The number of nitrogens with two attached hydrogens (primary N) is 1. The SMILES string of the molecule is CC(CN(C)C(=O)c1ccncc1O)C(N)=S. The van der Waals surface area contributed by atoms with Crippen LogP contribution in [0.1, 0.15) is 17.3 Å². The van der Waals surface area contributed by atoms with Gasteiger partial charge in [0, 0.05) is 25.7 Å². The van der Waals surface area contributed by atoms with E-state index in [0.29, 0.717) is 11.5 Å². The predicted octanol–water partition coefficient (Wildman–Crippen LogP) is 0.781. The van der Waals surface area contributed by atoms with Gasteiger partial charge in [0.15, 0.2) is 0 Å². The highest BCUT2D eigenvalue weighted by molar-refractivity contribution is 7.80. The molecule has 0 saturated carbocycles. The average Bonchev–Trinajstić information content (AvgIpc) is 2.28. The second-order valence-electron chi connectivity index (χ2n) is 3.88. The van der Waals surface area contributed by atoms with Crippen LogP contribution in [0.3, 0.4) is 0 Å². The molecule has 0 aliphatic carbocycles. The Morgan fingerprint density at radius 2 is 2.35 bits per heavy atom. The van der Waals surface area contributed by atoms with E-state index in [1.165, 1.54) is 23.4 Å². The fourth-order valence-corrected chi connectivity index (χ4v) is 1.43. The number of hydrogen-bond donors (Lipinski definition) is 2. The van der Waals surface area contributed by atoms with E-state index in [1.54, 1.807) is 7.05 Å². The van der Waals surface area contributed by atoms with Gasteiger partial charge in [0.25, 0.3) is 5.91 Å². The number of pyridine rings is 1. The van der Waals surface area contributed by atoms with Crippen molar-refractivity contribution < 1.29 is 9.90 Å². The first-order valence-electron chi connectivity index (χ1n) is 5.11. The van der Waals surface area contributed by atoms with Gasteiger partial charge in [-0.05, 0) is 6.07 Å². The molecule has 0 saturated heterocycles. The lowest BCUT2D eigenvalue weighted by atomic mass is 10.1. The molecule has 1 rings (SSSR count). The summed E-state index contributed by atoms with van der Waals surface area (Å²) in [6.07, 6.45) is 2.69. The Bertz CT molecular complexity index is 436. The Morgan fingerprint density at radius 3 is 2.88 bits per heavy atom. The smallest absolute Gasteiger partial charge is 0.257 e. The van der Waals surface area contributed by atoms with E-state index >= 15 is 0 Å². The first kappa shape index (κ1) is 13.4. The third-order valence-corrected chi connectivity index (χ3v) is 2.81. The first-order valence-corrected chi connectivity index (χ1v) is 5.52. The number of carbonyl (C=O) groups excluding carboxylic acids is 1. The highest BCUT2D eigenvalue weighted by atomic mass is 32.1. The molecule has 0 radical (unpaired) electrons. The normalized spacial score (nSPS) is 11.9. The van der Waals surface area contributed by atoms with Gasteiger partial charge in [0.1, 0.15) is 5.75 Å².